The van der Waals surface area contributed by atoms with Crippen molar-refractivity contribution in [3.05, 3.63) is 0 Å². The normalized spacial score (nSPS) is 11.3. The van der Waals surface area contributed by atoms with Gasteiger partial charge in [0.2, 0.25) is 0 Å². The lowest BCUT2D eigenvalue weighted by atomic mass is 9.94. The average Bonchev–Trinajstić information content (AvgIpc) is 2.36. The molecule has 0 aromatic carbocycles. The van der Waals surface area contributed by atoms with Crippen LogP contribution in [-0.4, -0.2) is 18.2 Å². The summed E-state index contributed by atoms with van der Waals surface area (Å²) in [6, 6.07) is 0. The Hall–Kier alpha value is -0.730. The zero-order valence-corrected chi connectivity index (χ0v) is 12.0. The van der Waals surface area contributed by atoms with Gasteiger partial charge in [0.05, 0.1) is 0 Å². The number of rotatable bonds is 9. The van der Waals surface area contributed by atoms with Crippen molar-refractivity contribution in [3.8, 4) is 0 Å². The highest BCUT2D eigenvalue weighted by molar-refractivity contribution is 5.67. The highest BCUT2D eigenvalue weighted by atomic mass is 16.6. The van der Waals surface area contributed by atoms with E-state index in [1.165, 1.54) is 19.3 Å². The summed E-state index contributed by atoms with van der Waals surface area (Å²) >= 11 is 0. The van der Waals surface area contributed by atoms with Crippen molar-refractivity contribution in [2.75, 3.05) is 6.54 Å². The molecule has 0 spiro atoms. The van der Waals surface area contributed by atoms with Gasteiger partial charge in [0, 0.05) is 6.54 Å². The number of amides is 1. The van der Waals surface area contributed by atoms with Gasteiger partial charge in [0.1, 0.15) is 5.60 Å². The number of carbonyl (C=O) groups is 1. The van der Waals surface area contributed by atoms with Crippen molar-refractivity contribution in [1.82, 2.24) is 5.32 Å². The van der Waals surface area contributed by atoms with Crippen molar-refractivity contribution in [2.45, 2.75) is 78.2 Å². The molecule has 0 radical (unpaired) electrons. The summed E-state index contributed by atoms with van der Waals surface area (Å²) in [5.41, 5.74) is -0.270. The first-order valence-electron chi connectivity index (χ1n) is 7.11. The van der Waals surface area contributed by atoms with Gasteiger partial charge in [0.15, 0.2) is 0 Å². The highest BCUT2D eigenvalue weighted by Gasteiger charge is 2.28. The fourth-order valence-electron chi connectivity index (χ4n) is 1.94. The predicted molar refractivity (Wildman–Crippen MR) is 72.2 cm³/mol. The molecule has 0 aliphatic heterocycles. The van der Waals surface area contributed by atoms with Gasteiger partial charge in [-0.2, -0.15) is 0 Å². The number of hydrogen-bond donors (Lipinski definition) is 1. The zero-order chi connectivity index (χ0) is 13.1. The summed E-state index contributed by atoms with van der Waals surface area (Å²) < 4.78 is 5.54. The lowest BCUT2D eigenvalue weighted by Crippen LogP contribution is -2.38. The van der Waals surface area contributed by atoms with Crippen LogP contribution in [0.2, 0.25) is 0 Å². The molecule has 1 N–H and O–H groups in total. The van der Waals surface area contributed by atoms with E-state index in [1.807, 2.05) is 0 Å². The van der Waals surface area contributed by atoms with Gasteiger partial charge >= 0.3 is 6.09 Å². The van der Waals surface area contributed by atoms with Crippen LogP contribution in [0.25, 0.3) is 0 Å². The molecular formula is C14H29NO2. The van der Waals surface area contributed by atoms with E-state index in [9.17, 15) is 4.79 Å². The lowest BCUT2D eigenvalue weighted by molar-refractivity contribution is 0.00169. The molecule has 0 fully saturated rings. The molecular weight excluding hydrogens is 214 g/mol. The molecule has 3 heteroatoms. The van der Waals surface area contributed by atoms with E-state index in [2.05, 4.69) is 33.0 Å². The summed E-state index contributed by atoms with van der Waals surface area (Å²) in [6.07, 6.45) is 7.05. The second-order valence-corrected chi connectivity index (χ2v) is 4.62. The van der Waals surface area contributed by atoms with E-state index in [-0.39, 0.29) is 11.7 Å². The molecule has 17 heavy (non-hydrogen) atoms. The number of nitrogens with one attached hydrogen (secondary N) is 1. The third-order valence-corrected chi connectivity index (χ3v) is 3.54. The fraction of sp³-hybridized carbons (Fsp3) is 0.929. The average molecular weight is 243 g/mol. The van der Waals surface area contributed by atoms with Crippen molar-refractivity contribution in [3.63, 3.8) is 0 Å². The molecule has 0 saturated heterocycles. The van der Waals surface area contributed by atoms with E-state index in [0.29, 0.717) is 0 Å². The van der Waals surface area contributed by atoms with Crippen LogP contribution in [0.4, 0.5) is 4.79 Å². The maximum absolute atomic E-state index is 11.6. The SMILES string of the molecule is CCCCCCNC(=O)OC(CC)(CC)CC. The van der Waals surface area contributed by atoms with Gasteiger partial charge < -0.3 is 10.1 Å². The molecule has 0 aromatic heterocycles. The van der Waals surface area contributed by atoms with Crippen LogP contribution in [0.15, 0.2) is 0 Å². The topological polar surface area (TPSA) is 38.3 Å². The van der Waals surface area contributed by atoms with Crippen LogP contribution in [0.3, 0.4) is 0 Å². The number of ether oxygens (including phenoxy) is 1. The van der Waals surface area contributed by atoms with Gasteiger partial charge in [-0.15, -0.1) is 0 Å². The third kappa shape index (κ3) is 6.54. The first kappa shape index (κ1) is 16.3. The number of alkyl carbamates (subject to hydrolysis) is 1. The maximum atomic E-state index is 11.6. The Labute approximate surface area is 106 Å². The Balaban J connectivity index is 3.83. The largest absolute Gasteiger partial charge is 0.443 e. The van der Waals surface area contributed by atoms with E-state index in [4.69, 9.17) is 4.74 Å². The van der Waals surface area contributed by atoms with Crippen LogP contribution in [0.5, 0.6) is 0 Å². The number of hydrogen-bond acceptors (Lipinski definition) is 2. The van der Waals surface area contributed by atoms with Crippen molar-refractivity contribution < 1.29 is 9.53 Å². The van der Waals surface area contributed by atoms with Crippen molar-refractivity contribution >= 4 is 6.09 Å². The molecule has 0 atom stereocenters. The third-order valence-electron chi connectivity index (χ3n) is 3.54. The van der Waals surface area contributed by atoms with Gasteiger partial charge in [-0.25, -0.2) is 4.79 Å². The monoisotopic (exact) mass is 243 g/mol. The smallest absolute Gasteiger partial charge is 0.407 e. The standard InChI is InChI=1S/C14H29NO2/c1-5-9-10-11-12-15-13(16)17-14(6-2,7-3)8-4/h5-12H2,1-4H3,(H,15,16). The van der Waals surface area contributed by atoms with Gasteiger partial charge in [-0.1, -0.05) is 47.0 Å². The molecule has 102 valence electrons. The van der Waals surface area contributed by atoms with E-state index in [1.54, 1.807) is 0 Å². The van der Waals surface area contributed by atoms with Crippen LogP contribution in [0.1, 0.15) is 72.6 Å². The molecule has 3 nitrogen and oxygen atoms in total. The summed E-state index contributed by atoms with van der Waals surface area (Å²) in [5.74, 6) is 0. The van der Waals surface area contributed by atoms with Gasteiger partial charge in [-0.3, -0.25) is 0 Å². The van der Waals surface area contributed by atoms with E-state index >= 15 is 0 Å². The summed E-state index contributed by atoms with van der Waals surface area (Å²) in [7, 11) is 0. The quantitative estimate of drug-likeness (QED) is 0.614. The Morgan fingerprint density at radius 2 is 1.59 bits per heavy atom. The van der Waals surface area contributed by atoms with Crippen molar-refractivity contribution in [2.24, 2.45) is 0 Å². The van der Waals surface area contributed by atoms with Gasteiger partial charge in [-0.05, 0) is 25.7 Å². The minimum Gasteiger partial charge on any atom is -0.443 e. The molecule has 0 aliphatic carbocycles. The second-order valence-electron chi connectivity index (χ2n) is 4.62. The summed E-state index contributed by atoms with van der Waals surface area (Å²) in [6.45, 7) is 9.12. The van der Waals surface area contributed by atoms with Crippen LogP contribution in [-0.2, 0) is 4.74 Å². The Morgan fingerprint density at radius 1 is 1.00 bits per heavy atom. The Morgan fingerprint density at radius 3 is 2.06 bits per heavy atom. The van der Waals surface area contributed by atoms with Gasteiger partial charge in [0.25, 0.3) is 0 Å². The lowest BCUT2D eigenvalue weighted by Gasteiger charge is -2.30. The molecule has 0 rings (SSSR count). The summed E-state index contributed by atoms with van der Waals surface area (Å²) in [4.78, 5) is 11.6. The molecule has 0 heterocycles. The Bertz CT molecular complexity index is 192. The molecule has 0 saturated carbocycles. The first-order valence-corrected chi connectivity index (χ1v) is 7.11. The van der Waals surface area contributed by atoms with Crippen molar-refractivity contribution in [1.29, 1.82) is 0 Å². The molecule has 1 amide bonds. The van der Waals surface area contributed by atoms with Crippen LogP contribution >= 0.6 is 0 Å². The fourth-order valence-corrected chi connectivity index (χ4v) is 1.94. The molecule has 0 bridgehead atoms. The summed E-state index contributed by atoms with van der Waals surface area (Å²) in [5, 5.41) is 2.84. The molecule has 0 unspecified atom stereocenters. The van der Waals surface area contributed by atoms with E-state index < -0.39 is 0 Å². The molecule has 0 aromatic rings. The molecule has 0 aliphatic rings. The van der Waals surface area contributed by atoms with E-state index in [0.717, 1.165) is 32.2 Å². The van der Waals surface area contributed by atoms with Crippen LogP contribution in [0, 0.1) is 0 Å². The van der Waals surface area contributed by atoms with Crippen LogP contribution < -0.4 is 5.32 Å². The number of carbonyl (C=O) groups excluding carboxylic acids is 1. The first-order chi connectivity index (χ1) is 8.14. The number of unbranched alkanes of at least 4 members (excludes halogenated alkanes) is 3. The minimum atomic E-state index is -0.270. The second kappa shape index (κ2) is 9.32. The maximum Gasteiger partial charge on any atom is 0.407 e. The predicted octanol–water partition coefficient (Wildman–Crippen LogP) is 4.26. The Kier molecular flexibility index (Phi) is 8.92. The zero-order valence-electron chi connectivity index (χ0n) is 12.0. The highest BCUT2D eigenvalue weighted by Crippen LogP contribution is 2.24. The minimum absolute atomic E-state index is 0.257.